The Kier molecular flexibility index (Phi) is 5.23. The van der Waals surface area contributed by atoms with Crippen LogP contribution in [0.1, 0.15) is 19.3 Å². The molecule has 3 aliphatic rings. The molecule has 0 spiro atoms. The van der Waals surface area contributed by atoms with Crippen molar-refractivity contribution >= 4 is 23.3 Å². The van der Waals surface area contributed by atoms with Gasteiger partial charge in [-0.15, -0.1) is 5.10 Å². The van der Waals surface area contributed by atoms with E-state index in [2.05, 4.69) is 15.2 Å². The molecule has 0 amide bonds. The molecular weight excluding hydrogens is 440 g/mol. The molecule has 2 fully saturated rings. The maximum Gasteiger partial charge on any atom is 0.244 e. The molecule has 8 nitrogen and oxygen atoms in total. The van der Waals surface area contributed by atoms with Crippen molar-refractivity contribution in [3.8, 4) is 5.88 Å². The molecule has 10 heteroatoms. The molecule has 1 aliphatic carbocycles. The van der Waals surface area contributed by atoms with Crippen molar-refractivity contribution in [2.24, 2.45) is 11.8 Å². The number of aromatic nitrogens is 4. The van der Waals surface area contributed by atoms with Crippen molar-refractivity contribution in [1.82, 2.24) is 19.7 Å². The number of benzene rings is 1. The summed E-state index contributed by atoms with van der Waals surface area (Å²) >= 11 is 0. The smallest absolute Gasteiger partial charge is 0.244 e. The van der Waals surface area contributed by atoms with Crippen LogP contribution in [0.15, 0.2) is 36.5 Å². The Labute approximate surface area is 196 Å². The Morgan fingerprint density at radius 3 is 2.59 bits per heavy atom. The summed E-state index contributed by atoms with van der Waals surface area (Å²) in [5.41, 5.74) is 1.72. The molecule has 1 aromatic carbocycles. The predicted octanol–water partition coefficient (Wildman–Crippen LogP) is 3.83. The number of methoxy groups -OCH3 is 1. The lowest BCUT2D eigenvalue weighted by atomic mass is 9.92. The number of halogens is 2. The average molecular weight is 468 g/mol. The van der Waals surface area contributed by atoms with E-state index in [1.165, 1.54) is 6.07 Å². The molecule has 4 heterocycles. The fraction of sp³-hybridized carbons (Fsp3) is 0.458. The second-order valence-corrected chi connectivity index (χ2v) is 9.29. The highest BCUT2D eigenvalue weighted by Crippen LogP contribution is 2.40. The Balaban J connectivity index is 1.20. The van der Waals surface area contributed by atoms with Gasteiger partial charge >= 0.3 is 0 Å². The van der Waals surface area contributed by atoms with Crippen LogP contribution in [0.3, 0.4) is 0 Å². The number of anilines is 4. The number of hydrogen-bond donors (Lipinski definition) is 1. The van der Waals surface area contributed by atoms with Crippen molar-refractivity contribution in [1.29, 1.82) is 0 Å². The van der Waals surface area contributed by atoms with Crippen LogP contribution < -0.4 is 19.9 Å². The Hall–Kier alpha value is -3.43. The minimum atomic E-state index is -0.859. The number of ether oxygens (including phenoxy) is 1. The zero-order valence-electron chi connectivity index (χ0n) is 19.0. The van der Waals surface area contributed by atoms with Crippen molar-refractivity contribution in [3.05, 3.63) is 48.2 Å². The summed E-state index contributed by atoms with van der Waals surface area (Å²) in [7, 11) is 1.64. The molecule has 3 aromatic rings. The van der Waals surface area contributed by atoms with Gasteiger partial charge in [0.1, 0.15) is 0 Å². The number of fused-ring (bicyclic) bond motifs is 3. The third-order valence-corrected chi connectivity index (χ3v) is 7.28. The Morgan fingerprint density at radius 2 is 1.82 bits per heavy atom. The number of rotatable bonds is 5. The lowest BCUT2D eigenvalue weighted by Gasteiger charge is -2.39. The molecule has 2 bridgehead atoms. The van der Waals surface area contributed by atoms with E-state index in [1.807, 2.05) is 21.7 Å². The normalized spacial score (nSPS) is 23.7. The van der Waals surface area contributed by atoms with Crippen molar-refractivity contribution in [2.45, 2.75) is 31.8 Å². The van der Waals surface area contributed by atoms with Gasteiger partial charge in [0.15, 0.2) is 11.6 Å². The van der Waals surface area contributed by atoms with Crippen LogP contribution in [0, 0.1) is 23.5 Å². The number of hydrogen-bond acceptors (Lipinski definition) is 7. The Morgan fingerprint density at radius 1 is 1.00 bits per heavy atom. The van der Waals surface area contributed by atoms with Gasteiger partial charge in [0, 0.05) is 61.9 Å². The summed E-state index contributed by atoms with van der Waals surface area (Å²) in [4.78, 5) is 13.3. The number of pyridine rings is 1. The number of nitrogens with one attached hydrogen (secondary N) is 1. The second kappa shape index (κ2) is 8.41. The molecule has 3 atom stereocenters. The highest BCUT2D eigenvalue weighted by Gasteiger charge is 2.43. The van der Waals surface area contributed by atoms with Gasteiger partial charge < -0.3 is 19.9 Å². The summed E-state index contributed by atoms with van der Waals surface area (Å²) in [5, 5.41) is 8.32. The monoisotopic (exact) mass is 467 g/mol. The van der Waals surface area contributed by atoms with Crippen LogP contribution in [0.2, 0.25) is 0 Å². The van der Waals surface area contributed by atoms with E-state index < -0.39 is 11.6 Å². The number of piperidine rings is 1. The minimum absolute atomic E-state index is 0.307. The third kappa shape index (κ3) is 3.70. The quantitative estimate of drug-likeness (QED) is 0.612. The number of nitrogens with zero attached hydrogens (tertiary/aromatic N) is 6. The molecular formula is C24H27F2N7O. The highest BCUT2D eigenvalue weighted by molar-refractivity contribution is 5.59. The molecule has 1 saturated heterocycles. The first kappa shape index (κ1) is 21.1. The highest BCUT2D eigenvalue weighted by atomic mass is 19.2. The van der Waals surface area contributed by atoms with Crippen molar-refractivity contribution in [3.63, 3.8) is 0 Å². The lowest BCUT2D eigenvalue weighted by molar-refractivity contribution is 0.374. The summed E-state index contributed by atoms with van der Waals surface area (Å²) in [5.74, 6) is 1.16. The van der Waals surface area contributed by atoms with E-state index in [0.717, 1.165) is 50.7 Å². The summed E-state index contributed by atoms with van der Waals surface area (Å²) in [6, 6.07) is 8.29. The van der Waals surface area contributed by atoms with Crippen LogP contribution in [0.5, 0.6) is 5.88 Å². The largest absolute Gasteiger partial charge is 0.481 e. The average Bonchev–Trinajstić information content (AvgIpc) is 3.36. The van der Waals surface area contributed by atoms with Crippen LogP contribution in [0.25, 0.3) is 0 Å². The van der Waals surface area contributed by atoms with Gasteiger partial charge in [-0.05, 0) is 49.3 Å². The van der Waals surface area contributed by atoms with E-state index in [9.17, 15) is 8.78 Å². The third-order valence-electron chi connectivity index (χ3n) is 7.28. The van der Waals surface area contributed by atoms with Crippen molar-refractivity contribution < 1.29 is 13.5 Å². The zero-order valence-corrected chi connectivity index (χ0v) is 19.0. The summed E-state index contributed by atoms with van der Waals surface area (Å²) in [6.45, 7) is 3.34. The fourth-order valence-electron chi connectivity index (χ4n) is 5.65. The first-order valence-corrected chi connectivity index (χ1v) is 11.8. The molecule has 2 aliphatic heterocycles. The SMILES string of the molecule is COc1cc(N2CC3CC[C@H](C2)C3Nc2nc3n(n2)CCCN3c2ccc(F)c(F)c2)ccn1. The van der Waals surface area contributed by atoms with Gasteiger partial charge in [0.25, 0.3) is 0 Å². The van der Waals surface area contributed by atoms with E-state index >= 15 is 0 Å². The molecule has 2 unspecified atom stereocenters. The van der Waals surface area contributed by atoms with Gasteiger partial charge in [-0.25, -0.2) is 18.4 Å². The van der Waals surface area contributed by atoms with Gasteiger partial charge in [-0.2, -0.15) is 4.98 Å². The van der Waals surface area contributed by atoms with E-state index in [1.54, 1.807) is 19.4 Å². The molecule has 0 radical (unpaired) electrons. The Bertz CT molecular complexity index is 1190. The minimum Gasteiger partial charge on any atom is -0.481 e. The summed E-state index contributed by atoms with van der Waals surface area (Å²) < 4.78 is 34.4. The van der Waals surface area contributed by atoms with Crippen LogP contribution in [-0.4, -0.2) is 52.5 Å². The second-order valence-electron chi connectivity index (χ2n) is 9.29. The maximum atomic E-state index is 13.8. The molecule has 1 saturated carbocycles. The molecule has 6 rings (SSSR count). The van der Waals surface area contributed by atoms with Crippen LogP contribution >= 0.6 is 0 Å². The first-order chi connectivity index (χ1) is 16.6. The standard InChI is InChI=1S/C24H27F2N7O/c1-34-21-12-17(7-8-27-21)31-13-15-3-4-16(14-31)22(15)28-23-29-24-32(9-2-10-33(24)30-23)18-5-6-19(25)20(26)11-18/h5-8,11-12,15-16,22H,2-4,9-10,13-14H2,1H3,(H,28,30)/t15-,16?,22?/m1/s1. The van der Waals surface area contributed by atoms with Crippen molar-refractivity contribution in [2.75, 3.05) is 41.9 Å². The first-order valence-electron chi connectivity index (χ1n) is 11.8. The molecule has 34 heavy (non-hydrogen) atoms. The number of aryl methyl sites for hydroxylation is 1. The predicted molar refractivity (Wildman–Crippen MR) is 125 cm³/mol. The molecule has 1 N–H and O–H groups in total. The lowest BCUT2D eigenvalue weighted by Crippen LogP contribution is -2.48. The van der Waals surface area contributed by atoms with Gasteiger partial charge in [-0.1, -0.05) is 0 Å². The van der Waals surface area contributed by atoms with Gasteiger partial charge in [-0.3, -0.25) is 0 Å². The van der Waals surface area contributed by atoms with Crippen LogP contribution in [-0.2, 0) is 6.54 Å². The van der Waals surface area contributed by atoms with E-state index in [4.69, 9.17) is 14.8 Å². The van der Waals surface area contributed by atoms with E-state index in [0.29, 0.717) is 47.9 Å². The topological polar surface area (TPSA) is 71.3 Å². The van der Waals surface area contributed by atoms with Gasteiger partial charge in [0.05, 0.1) is 7.11 Å². The zero-order chi connectivity index (χ0) is 23.2. The summed E-state index contributed by atoms with van der Waals surface area (Å²) in [6.07, 6.45) is 4.97. The molecule has 178 valence electrons. The molecule has 2 aromatic heterocycles. The maximum absolute atomic E-state index is 13.8. The van der Waals surface area contributed by atoms with E-state index in [-0.39, 0.29) is 0 Å². The van der Waals surface area contributed by atoms with Crippen LogP contribution in [0.4, 0.5) is 32.1 Å². The van der Waals surface area contributed by atoms with Gasteiger partial charge in [0.2, 0.25) is 17.8 Å². The fourth-order valence-corrected chi connectivity index (χ4v) is 5.65.